The number of hydrogen-bond acceptors (Lipinski definition) is 3. The molecule has 3 aliphatic carbocycles. The van der Waals surface area contributed by atoms with Gasteiger partial charge in [-0.25, -0.2) is 0 Å². The average Bonchev–Trinajstić information content (AvgIpc) is 3.06. The van der Waals surface area contributed by atoms with Crippen LogP contribution in [0.1, 0.15) is 176 Å². The largest absolute Gasteiger partial charge is 0.366 e. The van der Waals surface area contributed by atoms with Gasteiger partial charge in [0.15, 0.2) is 0 Å². The van der Waals surface area contributed by atoms with Crippen molar-refractivity contribution in [1.82, 2.24) is 4.90 Å². The highest BCUT2D eigenvalue weighted by Crippen LogP contribution is 2.38. The van der Waals surface area contributed by atoms with Gasteiger partial charge >= 0.3 is 0 Å². The van der Waals surface area contributed by atoms with E-state index >= 15 is 0 Å². The predicted molar refractivity (Wildman–Crippen MR) is 185 cm³/mol. The molecule has 4 rings (SSSR count). The first-order valence-electron chi connectivity index (χ1n) is 18.9. The molecule has 3 aliphatic rings. The van der Waals surface area contributed by atoms with E-state index in [9.17, 15) is 14.4 Å². The van der Waals surface area contributed by atoms with Gasteiger partial charge in [0.1, 0.15) is 0 Å². The third-order valence-electron chi connectivity index (χ3n) is 11.5. The Morgan fingerprint density at radius 1 is 0.644 bits per heavy atom. The topological polar surface area (TPSA) is 92.5 Å². The predicted octanol–water partition coefficient (Wildman–Crippen LogP) is 9.66. The van der Waals surface area contributed by atoms with Crippen LogP contribution in [0.4, 0.5) is 5.69 Å². The normalized spacial score (nSPS) is 27.1. The number of anilines is 1. The zero-order valence-corrected chi connectivity index (χ0v) is 28.8. The quantitative estimate of drug-likeness (QED) is 0.204. The van der Waals surface area contributed by atoms with Gasteiger partial charge in [0.2, 0.25) is 11.8 Å². The van der Waals surface area contributed by atoms with Gasteiger partial charge in [-0.1, -0.05) is 78.6 Å². The van der Waals surface area contributed by atoms with Gasteiger partial charge in [-0.2, -0.15) is 0 Å². The standard InChI is InChI=1S/C39H63N3O3/c1-4-7-10-28-13-19-31(20-14-28)38(44)41-34-26-32(37(40)43)25-33(27-34)39(45)42(35-21-15-29(16-22-35)11-8-5-2)36-23-17-30(18-24-36)12-9-6-3/h25-31,35-36H,4-24H2,1-3H3,(H2,40,43)(H,41,44)/t28-,29-,30-,31+,35+,36+. The molecule has 0 heterocycles. The maximum atomic E-state index is 14.5. The SMILES string of the molecule is CCCC[C@H]1CC[C@@H](C(=O)Nc2cc(C(N)=O)cc(C(=O)N([C@H]3CC[C@@H](CCCC)CC3)[C@H]3CC[C@@H](CCCC)CC3)c2)CC1. The Morgan fingerprint density at radius 2 is 1.07 bits per heavy atom. The first-order valence-corrected chi connectivity index (χ1v) is 18.9. The Bertz CT molecular complexity index is 1050. The number of rotatable bonds is 15. The summed E-state index contributed by atoms with van der Waals surface area (Å²) in [5.41, 5.74) is 7.05. The molecular formula is C39H63N3O3. The minimum absolute atomic E-state index is 0.000882. The lowest BCUT2D eigenvalue weighted by molar-refractivity contribution is -0.121. The number of carbonyl (C=O) groups excluding carboxylic acids is 3. The van der Waals surface area contributed by atoms with E-state index in [4.69, 9.17) is 5.73 Å². The minimum Gasteiger partial charge on any atom is -0.366 e. The number of nitrogens with one attached hydrogen (secondary N) is 1. The maximum absolute atomic E-state index is 14.5. The summed E-state index contributed by atoms with van der Waals surface area (Å²) < 4.78 is 0. The molecule has 1 aromatic carbocycles. The van der Waals surface area contributed by atoms with Crippen molar-refractivity contribution in [2.45, 2.75) is 168 Å². The van der Waals surface area contributed by atoms with Crippen LogP contribution in [-0.2, 0) is 4.79 Å². The van der Waals surface area contributed by atoms with Crippen LogP contribution < -0.4 is 11.1 Å². The molecule has 0 aromatic heterocycles. The summed E-state index contributed by atoms with van der Waals surface area (Å²) in [6, 6.07) is 5.56. The highest BCUT2D eigenvalue weighted by Gasteiger charge is 2.36. The highest BCUT2D eigenvalue weighted by atomic mass is 16.2. The average molecular weight is 622 g/mol. The van der Waals surface area contributed by atoms with E-state index in [0.717, 1.165) is 69.1 Å². The van der Waals surface area contributed by atoms with Crippen LogP contribution in [0, 0.1) is 23.7 Å². The zero-order valence-electron chi connectivity index (χ0n) is 28.8. The van der Waals surface area contributed by atoms with E-state index in [1.165, 1.54) is 83.5 Å². The first kappa shape index (κ1) is 35.5. The van der Waals surface area contributed by atoms with Gasteiger partial charge in [0.25, 0.3) is 5.91 Å². The molecule has 3 N–H and O–H groups in total. The van der Waals surface area contributed by atoms with Crippen LogP contribution in [-0.4, -0.2) is 34.7 Å². The summed E-state index contributed by atoms with van der Waals surface area (Å²) in [5, 5.41) is 3.09. The third kappa shape index (κ3) is 10.3. The summed E-state index contributed by atoms with van der Waals surface area (Å²) in [6.07, 6.45) is 24.3. The van der Waals surface area contributed by atoms with Crippen LogP contribution in [0.25, 0.3) is 0 Å². The van der Waals surface area contributed by atoms with Crippen molar-refractivity contribution < 1.29 is 14.4 Å². The van der Waals surface area contributed by atoms with Crippen molar-refractivity contribution in [1.29, 1.82) is 0 Å². The Hall–Kier alpha value is -2.37. The van der Waals surface area contributed by atoms with Crippen LogP contribution >= 0.6 is 0 Å². The van der Waals surface area contributed by atoms with Gasteiger partial charge < -0.3 is 16.0 Å². The first-order chi connectivity index (χ1) is 21.8. The second-order valence-corrected chi connectivity index (χ2v) is 14.9. The summed E-state index contributed by atoms with van der Waals surface area (Å²) in [7, 11) is 0. The van der Waals surface area contributed by atoms with Crippen molar-refractivity contribution in [2.24, 2.45) is 29.4 Å². The number of nitrogens with two attached hydrogens (primary N) is 1. The smallest absolute Gasteiger partial charge is 0.254 e. The molecule has 0 unspecified atom stereocenters. The third-order valence-corrected chi connectivity index (χ3v) is 11.5. The van der Waals surface area contributed by atoms with E-state index in [2.05, 4.69) is 31.0 Å². The molecule has 45 heavy (non-hydrogen) atoms. The van der Waals surface area contributed by atoms with Gasteiger partial charge in [-0.05, 0) is 113 Å². The summed E-state index contributed by atoms with van der Waals surface area (Å²) in [6.45, 7) is 6.76. The number of carbonyl (C=O) groups is 3. The summed E-state index contributed by atoms with van der Waals surface area (Å²) in [4.78, 5) is 42.6. The lowest BCUT2D eigenvalue weighted by Gasteiger charge is -2.44. The number of hydrogen-bond donors (Lipinski definition) is 2. The van der Waals surface area contributed by atoms with Crippen LogP contribution in [0.2, 0.25) is 0 Å². The fourth-order valence-electron chi connectivity index (χ4n) is 8.60. The highest BCUT2D eigenvalue weighted by molar-refractivity contribution is 6.02. The number of benzene rings is 1. The van der Waals surface area contributed by atoms with E-state index in [-0.39, 0.29) is 35.4 Å². The van der Waals surface area contributed by atoms with Gasteiger partial charge in [-0.3, -0.25) is 14.4 Å². The van der Waals surface area contributed by atoms with E-state index in [1.54, 1.807) is 18.2 Å². The molecule has 3 saturated carbocycles. The lowest BCUT2D eigenvalue weighted by Crippen LogP contribution is -2.50. The van der Waals surface area contributed by atoms with Crippen molar-refractivity contribution in [3.8, 4) is 0 Å². The van der Waals surface area contributed by atoms with Crippen LogP contribution in [0.3, 0.4) is 0 Å². The van der Waals surface area contributed by atoms with Crippen molar-refractivity contribution in [2.75, 3.05) is 5.32 Å². The molecular weight excluding hydrogens is 558 g/mol. The van der Waals surface area contributed by atoms with Crippen molar-refractivity contribution >= 4 is 23.4 Å². The van der Waals surface area contributed by atoms with E-state index in [0.29, 0.717) is 11.3 Å². The van der Waals surface area contributed by atoms with Crippen molar-refractivity contribution in [3.63, 3.8) is 0 Å². The molecule has 6 nitrogen and oxygen atoms in total. The summed E-state index contributed by atoms with van der Waals surface area (Å²) in [5.74, 6) is 1.66. The summed E-state index contributed by atoms with van der Waals surface area (Å²) >= 11 is 0. The fraction of sp³-hybridized carbons (Fsp3) is 0.769. The minimum atomic E-state index is -0.573. The maximum Gasteiger partial charge on any atom is 0.254 e. The second kappa shape index (κ2) is 18.1. The molecule has 6 heteroatoms. The molecule has 3 fully saturated rings. The van der Waals surface area contributed by atoms with Crippen LogP contribution in [0.15, 0.2) is 18.2 Å². The molecule has 0 aliphatic heterocycles. The van der Waals surface area contributed by atoms with E-state index in [1.807, 2.05) is 0 Å². The lowest BCUT2D eigenvalue weighted by atomic mass is 9.79. The zero-order chi connectivity index (χ0) is 32.2. The Labute approximate surface area is 274 Å². The van der Waals surface area contributed by atoms with Gasteiger partial charge in [0, 0.05) is 34.8 Å². The Balaban J connectivity index is 1.51. The Morgan fingerprint density at radius 3 is 1.49 bits per heavy atom. The van der Waals surface area contributed by atoms with Crippen LogP contribution in [0.5, 0.6) is 0 Å². The van der Waals surface area contributed by atoms with Crippen molar-refractivity contribution in [3.05, 3.63) is 29.3 Å². The molecule has 0 saturated heterocycles. The number of amides is 3. The number of nitrogens with zero attached hydrogens (tertiary/aromatic N) is 1. The van der Waals surface area contributed by atoms with Gasteiger partial charge in [-0.15, -0.1) is 0 Å². The fourth-order valence-corrected chi connectivity index (χ4v) is 8.60. The molecule has 252 valence electrons. The number of unbranched alkanes of at least 4 members (excludes halogenated alkanes) is 3. The monoisotopic (exact) mass is 621 g/mol. The molecule has 0 radical (unpaired) electrons. The Kier molecular flexibility index (Phi) is 14.3. The van der Waals surface area contributed by atoms with Gasteiger partial charge in [0.05, 0.1) is 0 Å². The molecule has 0 atom stereocenters. The molecule has 3 amide bonds. The number of primary amides is 1. The van der Waals surface area contributed by atoms with E-state index < -0.39 is 5.91 Å². The second-order valence-electron chi connectivity index (χ2n) is 14.9. The molecule has 0 spiro atoms. The molecule has 0 bridgehead atoms. The molecule has 1 aromatic rings.